The number of carbonyl (C=O) groups is 1. The largest absolute Gasteiger partial charge is 0.464 e. The molecule has 202 valence electrons. The minimum Gasteiger partial charge on any atom is -0.464 e. The van der Waals surface area contributed by atoms with Crippen LogP contribution in [-0.2, 0) is 19.5 Å². The highest BCUT2D eigenvalue weighted by Gasteiger charge is 2.27. The fourth-order valence-corrected chi connectivity index (χ4v) is 6.18. The number of amides is 1. The predicted octanol–water partition coefficient (Wildman–Crippen LogP) is 4.49. The maximum absolute atomic E-state index is 13.1. The van der Waals surface area contributed by atoms with Gasteiger partial charge in [-0.25, -0.2) is 13.8 Å². The van der Waals surface area contributed by atoms with Crippen molar-refractivity contribution < 1.29 is 18.3 Å². The van der Waals surface area contributed by atoms with Gasteiger partial charge < -0.3 is 14.6 Å². The summed E-state index contributed by atoms with van der Waals surface area (Å²) in [5, 5.41) is 3.47. The van der Waals surface area contributed by atoms with Gasteiger partial charge in [-0.15, -0.1) is 0 Å². The first-order chi connectivity index (χ1) is 17.7. The normalized spacial score (nSPS) is 22.5. The lowest BCUT2D eigenvalue weighted by atomic mass is 9.84. The Balaban J connectivity index is 1.02. The van der Waals surface area contributed by atoms with Gasteiger partial charge in [-0.1, -0.05) is 11.3 Å². The third-order valence-corrected chi connectivity index (χ3v) is 8.75. The molecule has 10 heteroatoms. The molecule has 2 aliphatic carbocycles. The van der Waals surface area contributed by atoms with Crippen LogP contribution in [0.15, 0.2) is 23.1 Å². The lowest BCUT2D eigenvalue weighted by Crippen LogP contribution is -2.39. The summed E-state index contributed by atoms with van der Waals surface area (Å²) in [5.41, 5.74) is 1.30. The van der Waals surface area contributed by atoms with Gasteiger partial charge in [0.25, 0.3) is 22.6 Å². The van der Waals surface area contributed by atoms with E-state index in [-0.39, 0.29) is 17.5 Å². The standard InChI is InChI=1S/C27H36F2N4O3S/c1-27(28,29)17-36-26-31-22-16-32(12-10-23(22)37-26)11-8-18-4-6-21(7-5-18)30-25(35)20-9-13-33(24(34)14-20)15-19-2-3-19/h9,13-14,18-19,21H,2-8,10-12,15-17H2,1H3,(H,30,35)/t18-,21-. The molecule has 0 spiro atoms. The van der Waals surface area contributed by atoms with E-state index in [0.29, 0.717) is 22.6 Å². The zero-order chi connectivity index (χ0) is 26.0. The van der Waals surface area contributed by atoms with E-state index in [1.165, 1.54) is 30.2 Å². The number of nitrogens with zero attached hydrogens (tertiary/aromatic N) is 3. The van der Waals surface area contributed by atoms with E-state index in [1.807, 2.05) is 0 Å². The van der Waals surface area contributed by atoms with Gasteiger partial charge >= 0.3 is 0 Å². The number of hydrogen-bond acceptors (Lipinski definition) is 6. The fraction of sp³-hybridized carbons (Fsp3) is 0.667. The molecular weight excluding hydrogens is 498 g/mol. The molecule has 7 nitrogen and oxygen atoms in total. The number of thiazole rings is 1. The number of ether oxygens (including phenoxy) is 1. The maximum Gasteiger partial charge on any atom is 0.278 e. The van der Waals surface area contributed by atoms with Gasteiger partial charge in [0.2, 0.25) is 0 Å². The Morgan fingerprint density at radius 3 is 2.68 bits per heavy atom. The number of aromatic nitrogens is 2. The Morgan fingerprint density at radius 1 is 1.22 bits per heavy atom. The Bertz CT molecular complexity index is 1150. The quantitative estimate of drug-likeness (QED) is 0.486. The van der Waals surface area contributed by atoms with Crippen molar-refractivity contribution >= 4 is 17.2 Å². The van der Waals surface area contributed by atoms with Crippen LogP contribution in [0.3, 0.4) is 0 Å². The molecule has 2 aromatic rings. The number of hydrogen-bond donors (Lipinski definition) is 1. The summed E-state index contributed by atoms with van der Waals surface area (Å²) in [6.45, 7) is 3.63. The van der Waals surface area contributed by atoms with Crippen LogP contribution in [-0.4, -0.2) is 52.0 Å². The van der Waals surface area contributed by atoms with Crippen molar-refractivity contribution in [3.63, 3.8) is 0 Å². The maximum atomic E-state index is 13.1. The van der Waals surface area contributed by atoms with Gasteiger partial charge in [0.05, 0.1) is 5.69 Å². The van der Waals surface area contributed by atoms with Crippen LogP contribution < -0.4 is 15.6 Å². The number of halogens is 2. The van der Waals surface area contributed by atoms with Crippen LogP contribution in [0.4, 0.5) is 8.78 Å². The first-order valence-corrected chi connectivity index (χ1v) is 14.3. The first-order valence-electron chi connectivity index (χ1n) is 13.4. The molecule has 2 aromatic heterocycles. The van der Waals surface area contributed by atoms with Gasteiger partial charge in [-0.3, -0.25) is 14.5 Å². The third-order valence-electron chi connectivity index (χ3n) is 7.68. The molecular formula is C27H36F2N4O3S. The Kier molecular flexibility index (Phi) is 7.95. The summed E-state index contributed by atoms with van der Waals surface area (Å²) in [6.07, 6.45) is 10.2. The topological polar surface area (TPSA) is 76.5 Å². The average molecular weight is 535 g/mol. The molecule has 3 aliphatic rings. The Hall–Kier alpha value is -2.33. The van der Waals surface area contributed by atoms with Gasteiger partial charge in [0.15, 0.2) is 6.61 Å². The van der Waals surface area contributed by atoms with Crippen molar-refractivity contribution in [1.82, 2.24) is 19.8 Å². The molecule has 5 rings (SSSR count). The van der Waals surface area contributed by atoms with E-state index in [2.05, 4.69) is 15.2 Å². The van der Waals surface area contributed by atoms with E-state index >= 15 is 0 Å². The first kappa shape index (κ1) is 26.3. The lowest BCUT2D eigenvalue weighted by Gasteiger charge is -2.32. The molecule has 2 fully saturated rings. The van der Waals surface area contributed by atoms with Crippen molar-refractivity contribution in [2.24, 2.45) is 11.8 Å². The smallest absolute Gasteiger partial charge is 0.278 e. The summed E-state index contributed by atoms with van der Waals surface area (Å²) >= 11 is 1.39. The number of pyridine rings is 1. The number of rotatable bonds is 10. The highest BCUT2D eigenvalue weighted by molar-refractivity contribution is 7.13. The summed E-state index contributed by atoms with van der Waals surface area (Å²) in [5.74, 6) is -1.77. The summed E-state index contributed by atoms with van der Waals surface area (Å²) in [7, 11) is 0. The molecule has 0 bridgehead atoms. The van der Waals surface area contributed by atoms with Crippen LogP contribution in [0, 0.1) is 11.8 Å². The fourth-order valence-electron chi connectivity index (χ4n) is 5.28. The predicted molar refractivity (Wildman–Crippen MR) is 138 cm³/mol. The van der Waals surface area contributed by atoms with Crippen molar-refractivity contribution in [2.45, 2.75) is 83.3 Å². The van der Waals surface area contributed by atoms with Crippen LogP contribution in [0.5, 0.6) is 5.19 Å². The molecule has 3 heterocycles. The SMILES string of the molecule is CC(F)(F)COc1nc2c(s1)CCN(CC[C@H]1CC[C@H](NC(=O)c3ccn(CC4CC4)c(=O)c3)CC1)C2. The molecule has 0 unspecified atom stereocenters. The second-order valence-electron chi connectivity index (χ2n) is 11.1. The van der Waals surface area contributed by atoms with E-state index in [0.717, 1.165) is 82.2 Å². The molecule has 0 saturated heterocycles. The van der Waals surface area contributed by atoms with E-state index in [4.69, 9.17) is 4.74 Å². The summed E-state index contributed by atoms with van der Waals surface area (Å²) < 4.78 is 33.0. The highest BCUT2D eigenvalue weighted by Crippen LogP contribution is 2.32. The monoisotopic (exact) mass is 534 g/mol. The zero-order valence-corrected chi connectivity index (χ0v) is 22.2. The van der Waals surface area contributed by atoms with Gasteiger partial charge in [0.1, 0.15) is 0 Å². The van der Waals surface area contributed by atoms with Gasteiger partial charge in [-0.2, -0.15) is 0 Å². The number of alkyl halides is 2. The molecule has 1 amide bonds. The Morgan fingerprint density at radius 2 is 1.97 bits per heavy atom. The number of carbonyl (C=O) groups excluding carboxylic acids is 1. The summed E-state index contributed by atoms with van der Waals surface area (Å²) in [6, 6.07) is 3.37. The molecule has 2 saturated carbocycles. The van der Waals surface area contributed by atoms with Crippen molar-refractivity contribution in [1.29, 1.82) is 0 Å². The zero-order valence-electron chi connectivity index (χ0n) is 21.4. The third kappa shape index (κ3) is 7.37. The molecule has 0 radical (unpaired) electrons. The van der Waals surface area contributed by atoms with Crippen molar-refractivity contribution in [2.75, 3.05) is 19.7 Å². The molecule has 1 aliphatic heterocycles. The second-order valence-corrected chi connectivity index (χ2v) is 12.1. The number of nitrogens with one attached hydrogen (secondary N) is 1. The van der Waals surface area contributed by atoms with Crippen LogP contribution in [0.1, 0.15) is 72.8 Å². The van der Waals surface area contributed by atoms with Crippen LogP contribution in [0.25, 0.3) is 0 Å². The summed E-state index contributed by atoms with van der Waals surface area (Å²) in [4.78, 5) is 33.0. The van der Waals surface area contributed by atoms with Crippen molar-refractivity contribution in [3.05, 3.63) is 44.8 Å². The average Bonchev–Trinajstić information content (AvgIpc) is 3.59. The molecule has 1 N–H and O–H groups in total. The molecule has 0 aromatic carbocycles. The minimum absolute atomic E-state index is 0.1000. The molecule has 0 atom stereocenters. The van der Waals surface area contributed by atoms with Crippen LogP contribution >= 0.6 is 11.3 Å². The van der Waals surface area contributed by atoms with E-state index in [9.17, 15) is 18.4 Å². The van der Waals surface area contributed by atoms with Gasteiger partial charge in [0, 0.05) is 55.3 Å². The minimum atomic E-state index is -2.86. The van der Waals surface area contributed by atoms with E-state index in [1.54, 1.807) is 16.8 Å². The second kappa shape index (κ2) is 11.2. The lowest BCUT2D eigenvalue weighted by molar-refractivity contribution is -0.0230. The van der Waals surface area contributed by atoms with Gasteiger partial charge in [-0.05, 0) is 75.8 Å². The van der Waals surface area contributed by atoms with Crippen LogP contribution in [0.2, 0.25) is 0 Å². The Labute approximate surface area is 220 Å². The number of fused-ring (bicyclic) bond motifs is 1. The van der Waals surface area contributed by atoms with E-state index < -0.39 is 12.5 Å². The molecule has 37 heavy (non-hydrogen) atoms. The highest BCUT2D eigenvalue weighted by atomic mass is 32.1. The van der Waals surface area contributed by atoms with Crippen molar-refractivity contribution in [3.8, 4) is 5.19 Å².